The van der Waals surface area contributed by atoms with Crippen molar-refractivity contribution in [1.29, 1.82) is 0 Å². The molecule has 0 bridgehead atoms. The van der Waals surface area contributed by atoms with E-state index in [4.69, 9.17) is 21.8 Å². The van der Waals surface area contributed by atoms with Gasteiger partial charge in [0.1, 0.15) is 0 Å². The number of nitrogens with two attached hydrogens (primary N) is 1. The largest absolute Gasteiger partial charge is 0.414 e. The molecule has 1 atom stereocenters. The predicted octanol–water partition coefficient (Wildman–Crippen LogP) is 4.42. The van der Waals surface area contributed by atoms with Crippen LogP contribution in [-0.2, 0) is 6.42 Å². The van der Waals surface area contributed by atoms with Crippen molar-refractivity contribution in [2.24, 2.45) is 5.73 Å². The van der Waals surface area contributed by atoms with Crippen molar-refractivity contribution in [3.8, 4) is 0 Å². The number of halogens is 1. The number of nitrogens with zero attached hydrogens (tertiary/aromatic N) is 2. The smallest absolute Gasteiger partial charge is 0.277 e. The van der Waals surface area contributed by atoms with Gasteiger partial charge in [0.15, 0.2) is 5.78 Å². The van der Waals surface area contributed by atoms with Gasteiger partial charge in [-0.3, -0.25) is 4.79 Å². The Hall–Kier alpha value is -2.61. The van der Waals surface area contributed by atoms with Crippen molar-refractivity contribution < 1.29 is 9.21 Å². The summed E-state index contributed by atoms with van der Waals surface area (Å²) in [5.74, 6) is 0.511. The molecule has 6 nitrogen and oxygen atoms in total. The summed E-state index contributed by atoms with van der Waals surface area (Å²) in [7, 11) is 0. The monoisotopic (exact) mass is 412 g/mol. The molecular weight excluding hydrogens is 396 g/mol. The summed E-state index contributed by atoms with van der Waals surface area (Å²) in [5, 5.41) is 10.1. The number of hydrogen-bond donors (Lipinski definition) is 2. The molecule has 2 heterocycles. The molecule has 0 unspecified atom stereocenters. The molecule has 2 aromatic heterocycles. The van der Waals surface area contributed by atoms with Gasteiger partial charge in [-0.05, 0) is 42.3 Å². The molecule has 8 heteroatoms. The first-order valence-electron chi connectivity index (χ1n) is 8.65. The van der Waals surface area contributed by atoms with E-state index in [-0.39, 0.29) is 11.5 Å². The summed E-state index contributed by atoms with van der Waals surface area (Å²) in [6.45, 7) is 0. The molecule has 4 rings (SSSR count). The van der Waals surface area contributed by atoms with E-state index in [2.05, 4.69) is 15.2 Å². The first-order chi connectivity index (χ1) is 13.6. The van der Waals surface area contributed by atoms with Crippen LogP contribution in [-0.4, -0.2) is 26.7 Å². The molecule has 0 amide bonds. The number of Topliss-reactive ketones (excluding diaryl/α,β-unsaturated/α-hetero) is 1. The van der Waals surface area contributed by atoms with Crippen molar-refractivity contribution in [3.63, 3.8) is 0 Å². The van der Waals surface area contributed by atoms with E-state index in [0.29, 0.717) is 28.1 Å². The minimum atomic E-state index is -0.423. The number of thioether (sulfide) groups is 1. The van der Waals surface area contributed by atoms with Gasteiger partial charge in [-0.15, -0.1) is 10.2 Å². The summed E-state index contributed by atoms with van der Waals surface area (Å²) < 4.78 is 5.64. The third kappa shape index (κ3) is 4.11. The summed E-state index contributed by atoms with van der Waals surface area (Å²) in [6, 6.07) is 14.4. The lowest BCUT2D eigenvalue weighted by molar-refractivity contribution is 0.102. The molecule has 0 radical (unpaired) electrons. The van der Waals surface area contributed by atoms with E-state index >= 15 is 0 Å². The SMILES string of the molecule is N[C@@H](Cc1c[nH]c2ccccc12)c1nnc(SCC(=O)c2ccc(Cl)cc2)o1. The lowest BCUT2D eigenvalue weighted by Gasteiger charge is -2.05. The third-order valence-electron chi connectivity index (χ3n) is 4.35. The van der Waals surface area contributed by atoms with Crippen LogP contribution < -0.4 is 5.73 Å². The molecule has 0 spiro atoms. The zero-order valence-electron chi connectivity index (χ0n) is 14.8. The highest BCUT2D eigenvalue weighted by Crippen LogP contribution is 2.25. The lowest BCUT2D eigenvalue weighted by atomic mass is 10.1. The van der Waals surface area contributed by atoms with Crippen LogP contribution >= 0.6 is 23.4 Å². The van der Waals surface area contributed by atoms with Gasteiger partial charge >= 0.3 is 0 Å². The highest BCUT2D eigenvalue weighted by molar-refractivity contribution is 7.99. The average Bonchev–Trinajstić information content (AvgIpc) is 3.34. The lowest BCUT2D eigenvalue weighted by Crippen LogP contribution is -2.13. The van der Waals surface area contributed by atoms with Crippen LogP contribution in [0.25, 0.3) is 10.9 Å². The number of para-hydroxylation sites is 1. The van der Waals surface area contributed by atoms with E-state index in [1.807, 2.05) is 30.5 Å². The van der Waals surface area contributed by atoms with Crippen LogP contribution in [0, 0.1) is 0 Å². The van der Waals surface area contributed by atoms with Crippen LogP contribution in [0.1, 0.15) is 27.9 Å². The molecule has 0 saturated heterocycles. The molecule has 3 N–H and O–H groups in total. The standard InChI is InChI=1S/C20H17ClN4O2S/c21-14-7-5-12(6-8-14)18(26)11-28-20-25-24-19(27-20)16(22)9-13-10-23-17-4-2-1-3-15(13)17/h1-8,10,16,23H,9,11,22H2/t16-/m0/s1. The zero-order chi connectivity index (χ0) is 19.5. The highest BCUT2D eigenvalue weighted by atomic mass is 35.5. The van der Waals surface area contributed by atoms with Gasteiger partial charge in [0.25, 0.3) is 5.22 Å². The highest BCUT2D eigenvalue weighted by Gasteiger charge is 2.18. The van der Waals surface area contributed by atoms with Gasteiger partial charge < -0.3 is 15.1 Å². The van der Waals surface area contributed by atoms with Crippen LogP contribution in [0.4, 0.5) is 0 Å². The molecule has 2 aromatic carbocycles. The van der Waals surface area contributed by atoms with E-state index in [1.54, 1.807) is 24.3 Å². The predicted molar refractivity (Wildman–Crippen MR) is 110 cm³/mol. The normalized spacial score (nSPS) is 12.4. The number of fused-ring (bicyclic) bond motifs is 1. The Bertz CT molecular complexity index is 1110. The number of aromatic amines is 1. The minimum Gasteiger partial charge on any atom is -0.414 e. The van der Waals surface area contributed by atoms with Crippen LogP contribution in [0.2, 0.25) is 5.02 Å². The fourth-order valence-electron chi connectivity index (χ4n) is 2.90. The Labute approximate surface area is 170 Å². The second-order valence-corrected chi connectivity index (χ2v) is 7.66. The molecule has 142 valence electrons. The molecule has 0 saturated carbocycles. The first kappa shape index (κ1) is 18.7. The van der Waals surface area contributed by atoms with Gasteiger partial charge in [0.05, 0.1) is 11.8 Å². The topological polar surface area (TPSA) is 97.8 Å². The number of hydrogen-bond acceptors (Lipinski definition) is 6. The zero-order valence-corrected chi connectivity index (χ0v) is 16.3. The Kier molecular flexibility index (Phi) is 5.47. The van der Waals surface area contributed by atoms with Crippen molar-refractivity contribution in [2.45, 2.75) is 17.7 Å². The number of carbonyl (C=O) groups is 1. The van der Waals surface area contributed by atoms with Crippen molar-refractivity contribution >= 4 is 40.0 Å². The number of aromatic nitrogens is 3. The van der Waals surface area contributed by atoms with Crippen molar-refractivity contribution in [1.82, 2.24) is 15.2 Å². The van der Waals surface area contributed by atoms with Gasteiger partial charge in [-0.1, -0.05) is 41.6 Å². The second kappa shape index (κ2) is 8.18. The van der Waals surface area contributed by atoms with Gasteiger partial charge in [-0.2, -0.15) is 0 Å². The third-order valence-corrected chi connectivity index (χ3v) is 5.42. The fourth-order valence-corrected chi connectivity index (χ4v) is 3.69. The van der Waals surface area contributed by atoms with E-state index in [9.17, 15) is 4.79 Å². The van der Waals surface area contributed by atoms with Crippen molar-refractivity contribution in [2.75, 3.05) is 5.75 Å². The summed E-state index contributed by atoms with van der Waals surface area (Å²) in [5.41, 5.74) is 9.00. The number of rotatable bonds is 7. The van der Waals surface area contributed by atoms with Gasteiger partial charge in [-0.25, -0.2) is 0 Å². The maximum atomic E-state index is 12.2. The number of benzene rings is 2. The van der Waals surface area contributed by atoms with Crippen molar-refractivity contribution in [3.05, 3.63) is 76.8 Å². The Morgan fingerprint density at radius 1 is 1.18 bits per heavy atom. The van der Waals surface area contributed by atoms with Gasteiger partial charge in [0, 0.05) is 27.7 Å². The summed E-state index contributed by atoms with van der Waals surface area (Å²) in [6.07, 6.45) is 2.52. The molecule has 0 aliphatic carbocycles. The molecule has 0 aliphatic rings. The summed E-state index contributed by atoms with van der Waals surface area (Å²) in [4.78, 5) is 15.5. The van der Waals surface area contributed by atoms with E-state index in [0.717, 1.165) is 16.5 Å². The van der Waals surface area contributed by atoms with Gasteiger partial charge in [0.2, 0.25) is 5.89 Å². The average molecular weight is 413 g/mol. The van der Waals surface area contributed by atoms with E-state index < -0.39 is 6.04 Å². The molecular formula is C20H17ClN4O2S. The molecule has 4 aromatic rings. The number of nitrogens with one attached hydrogen (secondary N) is 1. The Balaban J connectivity index is 1.38. The fraction of sp³-hybridized carbons (Fsp3) is 0.150. The Morgan fingerprint density at radius 2 is 1.96 bits per heavy atom. The van der Waals surface area contributed by atoms with Crippen LogP contribution in [0.15, 0.2) is 64.4 Å². The summed E-state index contributed by atoms with van der Waals surface area (Å²) >= 11 is 7.03. The Morgan fingerprint density at radius 3 is 2.79 bits per heavy atom. The minimum absolute atomic E-state index is 0.0375. The number of ketones is 1. The quantitative estimate of drug-likeness (QED) is 0.344. The molecule has 0 fully saturated rings. The molecule has 0 aliphatic heterocycles. The first-order valence-corrected chi connectivity index (χ1v) is 10.0. The maximum absolute atomic E-state index is 12.2. The van der Waals surface area contributed by atoms with Crippen LogP contribution in [0.5, 0.6) is 0 Å². The number of H-pyrrole nitrogens is 1. The van der Waals surface area contributed by atoms with E-state index in [1.165, 1.54) is 11.8 Å². The second-order valence-electron chi connectivity index (χ2n) is 6.30. The molecule has 28 heavy (non-hydrogen) atoms. The number of carbonyl (C=O) groups excluding carboxylic acids is 1. The van der Waals surface area contributed by atoms with Crippen LogP contribution in [0.3, 0.4) is 0 Å². The maximum Gasteiger partial charge on any atom is 0.277 e.